The Bertz CT molecular complexity index is 846. The first-order valence-electron chi connectivity index (χ1n) is 8.30. The van der Waals surface area contributed by atoms with Gasteiger partial charge in [0.25, 0.3) is 0 Å². The van der Waals surface area contributed by atoms with E-state index in [-0.39, 0.29) is 11.0 Å². The molecule has 132 valence electrons. The van der Waals surface area contributed by atoms with Crippen molar-refractivity contribution in [3.8, 4) is 5.75 Å². The van der Waals surface area contributed by atoms with E-state index in [1.807, 2.05) is 66.7 Å². The lowest BCUT2D eigenvalue weighted by molar-refractivity contribution is 0.0982. The lowest BCUT2D eigenvalue weighted by atomic mass is 10.0. The van der Waals surface area contributed by atoms with Crippen LogP contribution in [0.1, 0.15) is 27.6 Å². The number of halogens is 1. The van der Waals surface area contributed by atoms with Gasteiger partial charge < -0.3 is 4.74 Å². The molecule has 3 aromatic rings. The molecule has 0 aromatic heterocycles. The van der Waals surface area contributed by atoms with Gasteiger partial charge in [-0.2, -0.15) is 0 Å². The fourth-order valence-corrected chi connectivity index (χ4v) is 3.91. The molecule has 0 saturated carbocycles. The Kier molecular flexibility index (Phi) is 6.37. The summed E-state index contributed by atoms with van der Waals surface area (Å²) in [6.45, 7) is 0. The summed E-state index contributed by atoms with van der Waals surface area (Å²) >= 11 is 7.66. The zero-order chi connectivity index (χ0) is 18.4. The smallest absolute Gasteiger partial charge is 0.164 e. The first-order valence-corrected chi connectivity index (χ1v) is 9.56. The maximum absolute atomic E-state index is 12.8. The molecule has 0 N–H and O–H groups in total. The van der Waals surface area contributed by atoms with Crippen molar-refractivity contribution in [3.05, 3.63) is 95.0 Å². The summed E-state index contributed by atoms with van der Waals surface area (Å²) in [7, 11) is 1.62. The largest absolute Gasteiger partial charge is 0.497 e. The zero-order valence-electron chi connectivity index (χ0n) is 14.4. The zero-order valence-corrected chi connectivity index (χ0v) is 16.0. The molecule has 26 heavy (non-hydrogen) atoms. The van der Waals surface area contributed by atoms with Gasteiger partial charge in [0.05, 0.1) is 7.11 Å². The van der Waals surface area contributed by atoms with Crippen molar-refractivity contribution in [1.29, 1.82) is 0 Å². The highest BCUT2D eigenvalue weighted by Gasteiger charge is 2.18. The van der Waals surface area contributed by atoms with Crippen LogP contribution in [0.2, 0.25) is 5.02 Å². The Morgan fingerprint density at radius 1 is 0.962 bits per heavy atom. The fraction of sp³-hybridized carbons (Fsp3) is 0.136. The highest BCUT2D eigenvalue weighted by atomic mass is 35.5. The van der Waals surface area contributed by atoms with E-state index in [4.69, 9.17) is 16.3 Å². The van der Waals surface area contributed by atoms with Crippen molar-refractivity contribution in [2.75, 3.05) is 7.11 Å². The highest BCUT2D eigenvalue weighted by Crippen LogP contribution is 2.39. The van der Waals surface area contributed by atoms with Crippen LogP contribution in [-0.4, -0.2) is 12.9 Å². The Morgan fingerprint density at radius 3 is 2.23 bits per heavy atom. The Hall–Kier alpha value is -2.23. The molecule has 3 aromatic carbocycles. The van der Waals surface area contributed by atoms with Gasteiger partial charge in [-0.3, -0.25) is 4.79 Å². The Morgan fingerprint density at radius 2 is 1.62 bits per heavy atom. The number of hydrogen-bond acceptors (Lipinski definition) is 3. The molecular formula is C22H19ClO2S. The van der Waals surface area contributed by atoms with E-state index in [0.29, 0.717) is 17.0 Å². The molecule has 1 atom stereocenters. The van der Waals surface area contributed by atoms with Crippen LogP contribution in [-0.2, 0) is 0 Å². The number of thioether (sulfide) groups is 1. The fourth-order valence-electron chi connectivity index (χ4n) is 2.64. The number of ether oxygens (including phenoxy) is 1. The molecule has 0 bridgehead atoms. The van der Waals surface area contributed by atoms with Crippen LogP contribution in [0.4, 0.5) is 0 Å². The second kappa shape index (κ2) is 8.93. The third kappa shape index (κ3) is 4.90. The van der Waals surface area contributed by atoms with Gasteiger partial charge in [0.2, 0.25) is 0 Å². The van der Waals surface area contributed by atoms with Crippen LogP contribution >= 0.6 is 23.4 Å². The highest BCUT2D eigenvalue weighted by molar-refractivity contribution is 7.99. The van der Waals surface area contributed by atoms with Crippen molar-refractivity contribution in [2.24, 2.45) is 0 Å². The summed E-state index contributed by atoms with van der Waals surface area (Å²) in [4.78, 5) is 13.9. The van der Waals surface area contributed by atoms with Crippen LogP contribution in [0.5, 0.6) is 5.75 Å². The quantitative estimate of drug-likeness (QED) is 0.346. The summed E-state index contributed by atoms with van der Waals surface area (Å²) in [5.74, 6) is 0.861. The van der Waals surface area contributed by atoms with Crippen molar-refractivity contribution in [2.45, 2.75) is 16.6 Å². The van der Waals surface area contributed by atoms with E-state index in [0.717, 1.165) is 16.2 Å². The van der Waals surface area contributed by atoms with Gasteiger partial charge in [-0.15, -0.1) is 11.8 Å². The molecule has 2 nitrogen and oxygen atoms in total. The van der Waals surface area contributed by atoms with Crippen molar-refractivity contribution >= 4 is 29.1 Å². The van der Waals surface area contributed by atoms with Gasteiger partial charge in [-0.05, 0) is 54.1 Å². The standard InChI is InChI=1S/C22H19ClO2S/c1-25-19-11-7-16(8-12-19)21(24)15-22(17-5-3-2-4-6-17)26-20-13-9-18(23)10-14-20/h2-14,22H,15H2,1H3/t22-/m0/s1. The van der Waals surface area contributed by atoms with Gasteiger partial charge in [-0.25, -0.2) is 0 Å². The molecule has 0 aliphatic heterocycles. The number of Topliss-reactive ketones (excluding diaryl/α,β-unsaturated/α-hetero) is 1. The Balaban J connectivity index is 1.80. The minimum atomic E-state index is 0.0342. The molecule has 0 aliphatic carbocycles. The molecule has 0 spiro atoms. The first kappa shape index (κ1) is 18.6. The lowest BCUT2D eigenvalue weighted by Crippen LogP contribution is -2.05. The number of methoxy groups -OCH3 is 1. The summed E-state index contributed by atoms with van der Waals surface area (Å²) in [6.07, 6.45) is 0.420. The van der Waals surface area contributed by atoms with Gasteiger partial charge in [-0.1, -0.05) is 41.9 Å². The minimum Gasteiger partial charge on any atom is -0.497 e. The third-order valence-corrected chi connectivity index (χ3v) is 5.57. The predicted octanol–water partition coefficient (Wildman–Crippen LogP) is 6.46. The minimum absolute atomic E-state index is 0.0342. The number of ketones is 1. The average molecular weight is 383 g/mol. The predicted molar refractivity (Wildman–Crippen MR) is 108 cm³/mol. The van der Waals surface area contributed by atoms with Gasteiger partial charge >= 0.3 is 0 Å². The monoisotopic (exact) mass is 382 g/mol. The topological polar surface area (TPSA) is 26.3 Å². The van der Waals surface area contributed by atoms with E-state index in [9.17, 15) is 4.79 Å². The number of rotatable bonds is 7. The van der Waals surface area contributed by atoms with Crippen molar-refractivity contribution in [1.82, 2.24) is 0 Å². The van der Waals surface area contributed by atoms with E-state index in [2.05, 4.69) is 12.1 Å². The van der Waals surface area contributed by atoms with Crippen LogP contribution in [0.3, 0.4) is 0 Å². The van der Waals surface area contributed by atoms with Crippen molar-refractivity contribution < 1.29 is 9.53 Å². The average Bonchev–Trinajstić information content (AvgIpc) is 2.70. The van der Waals surface area contributed by atoms with E-state index in [1.165, 1.54) is 0 Å². The molecule has 0 saturated heterocycles. The van der Waals surface area contributed by atoms with E-state index >= 15 is 0 Å². The number of carbonyl (C=O) groups excluding carboxylic acids is 1. The molecule has 0 heterocycles. The van der Waals surface area contributed by atoms with Crippen molar-refractivity contribution in [3.63, 3.8) is 0 Å². The third-order valence-electron chi connectivity index (χ3n) is 4.05. The summed E-state index contributed by atoms with van der Waals surface area (Å²) in [5, 5.41) is 0.742. The van der Waals surface area contributed by atoms with Crippen LogP contribution in [0.25, 0.3) is 0 Å². The second-order valence-electron chi connectivity index (χ2n) is 5.83. The van der Waals surface area contributed by atoms with Crippen LogP contribution in [0.15, 0.2) is 83.8 Å². The Labute approximate surface area is 163 Å². The molecule has 4 heteroatoms. The number of hydrogen-bond donors (Lipinski definition) is 0. The molecule has 0 aliphatic rings. The summed E-state index contributed by atoms with van der Waals surface area (Å²) < 4.78 is 5.16. The maximum Gasteiger partial charge on any atom is 0.164 e. The normalized spacial score (nSPS) is 11.8. The molecule has 0 radical (unpaired) electrons. The SMILES string of the molecule is COc1ccc(C(=O)C[C@H](Sc2ccc(Cl)cc2)c2ccccc2)cc1. The second-order valence-corrected chi connectivity index (χ2v) is 7.54. The van der Waals surface area contributed by atoms with Gasteiger partial charge in [0, 0.05) is 27.2 Å². The molecular weight excluding hydrogens is 364 g/mol. The lowest BCUT2D eigenvalue weighted by Gasteiger charge is -2.17. The maximum atomic E-state index is 12.8. The molecule has 0 fully saturated rings. The molecule has 0 amide bonds. The van der Waals surface area contributed by atoms with Gasteiger partial charge in [0.1, 0.15) is 5.75 Å². The first-order chi connectivity index (χ1) is 12.7. The number of carbonyl (C=O) groups is 1. The van der Waals surface area contributed by atoms with E-state index < -0.39 is 0 Å². The molecule has 3 rings (SSSR count). The molecule has 0 unspecified atom stereocenters. The van der Waals surface area contributed by atoms with Crippen LogP contribution in [0, 0.1) is 0 Å². The summed E-state index contributed by atoms with van der Waals surface area (Å²) in [6, 6.07) is 25.1. The van der Waals surface area contributed by atoms with Crippen LogP contribution < -0.4 is 4.74 Å². The van der Waals surface area contributed by atoms with Gasteiger partial charge in [0.15, 0.2) is 5.78 Å². The van der Waals surface area contributed by atoms with E-state index in [1.54, 1.807) is 18.9 Å². The summed E-state index contributed by atoms with van der Waals surface area (Å²) in [5.41, 5.74) is 1.83. The number of benzene rings is 3.